The van der Waals surface area contributed by atoms with Crippen molar-refractivity contribution in [3.8, 4) is 0 Å². The fourth-order valence-corrected chi connectivity index (χ4v) is 1.00. The second-order valence-corrected chi connectivity index (χ2v) is 3.06. The molecule has 0 bridgehead atoms. The summed E-state index contributed by atoms with van der Waals surface area (Å²) in [5.41, 5.74) is 1.19. The predicted molar refractivity (Wildman–Crippen MR) is 41.7 cm³/mol. The average Bonchev–Trinajstić information content (AvgIpc) is 2.72. The Hall–Kier alpha value is -1.32. The number of hydrogen-bond acceptors (Lipinski definition) is 3. The summed E-state index contributed by atoms with van der Waals surface area (Å²) < 4.78 is 4.66. The monoisotopic (exact) mass is 166 g/mol. The first kappa shape index (κ1) is 7.34. The van der Waals surface area contributed by atoms with Gasteiger partial charge in [0.15, 0.2) is 0 Å². The summed E-state index contributed by atoms with van der Waals surface area (Å²) in [6, 6.07) is 0.381. The molecule has 0 atom stereocenters. The van der Waals surface area contributed by atoms with Crippen molar-refractivity contribution in [1.82, 2.24) is 10.5 Å². The predicted octanol–water partition coefficient (Wildman–Crippen LogP) is 0.875. The fraction of sp³-hybridized carbons (Fsp3) is 0.500. The fourth-order valence-electron chi connectivity index (χ4n) is 1.00. The van der Waals surface area contributed by atoms with Gasteiger partial charge in [0.1, 0.15) is 11.8 Å². The molecule has 2 rings (SSSR count). The van der Waals surface area contributed by atoms with E-state index in [-0.39, 0.29) is 5.91 Å². The van der Waals surface area contributed by atoms with Gasteiger partial charge in [0.25, 0.3) is 5.91 Å². The molecule has 0 radical (unpaired) electrons. The van der Waals surface area contributed by atoms with Crippen LogP contribution in [0.25, 0.3) is 0 Å². The Balaban J connectivity index is 2.07. The van der Waals surface area contributed by atoms with E-state index in [0.717, 1.165) is 12.8 Å². The Morgan fingerprint density at radius 3 is 3.00 bits per heavy atom. The smallest absolute Gasteiger partial charge is 0.256 e. The van der Waals surface area contributed by atoms with Gasteiger partial charge in [-0.1, -0.05) is 5.16 Å². The molecule has 12 heavy (non-hydrogen) atoms. The molecule has 4 heteroatoms. The summed E-state index contributed by atoms with van der Waals surface area (Å²) in [6.45, 7) is 1.76. The maximum absolute atomic E-state index is 11.4. The molecule has 0 spiro atoms. The average molecular weight is 166 g/mol. The highest BCUT2D eigenvalue weighted by molar-refractivity contribution is 5.95. The lowest BCUT2D eigenvalue weighted by atomic mass is 10.2. The van der Waals surface area contributed by atoms with Gasteiger partial charge in [0, 0.05) is 6.04 Å². The second kappa shape index (κ2) is 2.62. The number of rotatable bonds is 2. The van der Waals surface area contributed by atoms with Crippen LogP contribution in [0.15, 0.2) is 10.8 Å². The molecule has 4 nitrogen and oxygen atoms in total. The number of hydrogen-bond donors (Lipinski definition) is 1. The summed E-state index contributed by atoms with van der Waals surface area (Å²) in [7, 11) is 0. The van der Waals surface area contributed by atoms with E-state index in [4.69, 9.17) is 0 Å². The number of nitrogens with zero attached hydrogens (tertiary/aromatic N) is 1. The first-order valence-electron chi connectivity index (χ1n) is 3.99. The van der Waals surface area contributed by atoms with Crippen molar-refractivity contribution in [3.05, 3.63) is 17.5 Å². The first-order valence-corrected chi connectivity index (χ1v) is 3.99. The number of carbonyl (C=O) groups excluding carboxylic acids is 1. The summed E-state index contributed by atoms with van der Waals surface area (Å²) in [5.74, 6) is -0.0729. The lowest BCUT2D eigenvalue weighted by molar-refractivity contribution is 0.0950. The quantitative estimate of drug-likeness (QED) is 0.709. The van der Waals surface area contributed by atoms with Gasteiger partial charge in [0.2, 0.25) is 0 Å². The lowest BCUT2D eigenvalue weighted by Gasteiger charge is -1.98. The number of nitrogens with one attached hydrogen (secondary N) is 1. The molecule has 64 valence electrons. The lowest BCUT2D eigenvalue weighted by Crippen LogP contribution is -2.25. The Morgan fingerprint density at radius 2 is 2.50 bits per heavy atom. The van der Waals surface area contributed by atoms with E-state index in [1.807, 2.05) is 0 Å². The van der Waals surface area contributed by atoms with Gasteiger partial charge in [-0.15, -0.1) is 0 Å². The van der Waals surface area contributed by atoms with Gasteiger partial charge < -0.3 is 9.84 Å². The normalized spacial score (nSPS) is 16.1. The molecule has 1 saturated carbocycles. The van der Waals surface area contributed by atoms with E-state index in [9.17, 15) is 4.79 Å². The minimum atomic E-state index is -0.0729. The Bertz CT molecular complexity index is 302. The molecule has 1 heterocycles. The molecule has 1 aliphatic carbocycles. The summed E-state index contributed by atoms with van der Waals surface area (Å²) >= 11 is 0. The van der Waals surface area contributed by atoms with E-state index >= 15 is 0 Å². The molecule has 1 amide bonds. The number of aryl methyl sites for hydroxylation is 1. The van der Waals surface area contributed by atoms with Crippen molar-refractivity contribution in [1.29, 1.82) is 0 Å². The third kappa shape index (κ3) is 1.32. The zero-order valence-electron chi connectivity index (χ0n) is 6.83. The third-order valence-electron chi connectivity index (χ3n) is 1.91. The molecule has 0 unspecified atom stereocenters. The van der Waals surface area contributed by atoms with E-state index < -0.39 is 0 Å². The van der Waals surface area contributed by atoms with Gasteiger partial charge in [-0.2, -0.15) is 0 Å². The van der Waals surface area contributed by atoms with Crippen LogP contribution in [-0.4, -0.2) is 17.1 Å². The van der Waals surface area contributed by atoms with E-state index in [0.29, 0.717) is 17.3 Å². The molecule has 0 saturated heterocycles. The van der Waals surface area contributed by atoms with Crippen LogP contribution < -0.4 is 5.32 Å². The van der Waals surface area contributed by atoms with Crippen LogP contribution in [0.2, 0.25) is 0 Å². The Labute approximate surface area is 69.9 Å². The molecule has 0 aliphatic heterocycles. The van der Waals surface area contributed by atoms with Crippen molar-refractivity contribution >= 4 is 5.91 Å². The zero-order chi connectivity index (χ0) is 8.55. The first-order chi connectivity index (χ1) is 5.77. The van der Waals surface area contributed by atoms with Crippen LogP contribution in [0.4, 0.5) is 0 Å². The Kier molecular flexibility index (Phi) is 1.60. The summed E-state index contributed by atoms with van der Waals surface area (Å²) in [5, 5.41) is 6.49. The highest BCUT2D eigenvalue weighted by Gasteiger charge is 2.25. The minimum Gasteiger partial charge on any atom is -0.364 e. The van der Waals surface area contributed by atoms with E-state index in [1.165, 1.54) is 6.26 Å². The highest BCUT2D eigenvalue weighted by Crippen LogP contribution is 2.19. The number of aromatic nitrogens is 1. The molecule has 1 aromatic heterocycles. The summed E-state index contributed by atoms with van der Waals surface area (Å²) in [6.07, 6.45) is 3.57. The molecule has 1 N–H and O–H groups in total. The van der Waals surface area contributed by atoms with Crippen molar-refractivity contribution in [2.45, 2.75) is 25.8 Å². The molecular formula is C8H10N2O2. The SMILES string of the molecule is Cc1nocc1C(=O)NC1CC1. The maximum Gasteiger partial charge on any atom is 0.256 e. The van der Waals surface area contributed by atoms with Crippen LogP contribution in [-0.2, 0) is 0 Å². The van der Waals surface area contributed by atoms with E-state index in [2.05, 4.69) is 15.0 Å². The largest absolute Gasteiger partial charge is 0.364 e. The van der Waals surface area contributed by atoms with Crippen LogP contribution >= 0.6 is 0 Å². The maximum atomic E-state index is 11.4. The van der Waals surface area contributed by atoms with Crippen LogP contribution in [0.3, 0.4) is 0 Å². The molecule has 1 aromatic rings. The van der Waals surface area contributed by atoms with Crippen LogP contribution in [0, 0.1) is 6.92 Å². The molecule has 1 aliphatic rings. The van der Waals surface area contributed by atoms with Crippen LogP contribution in [0.5, 0.6) is 0 Å². The van der Waals surface area contributed by atoms with E-state index in [1.54, 1.807) is 6.92 Å². The van der Waals surface area contributed by atoms with Crippen molar-refractivity contribution < 1.29 is 9.32 Å². The van der Waals surface area contributed by atoms with Crippen molar-refractivity contribution in [2.75, 3.05) is 0 Å². The summed E-state index contributed by atoms with van der Waals surface area (Å²) in [4.78, 5) is 11.4. The molecular weight excluding hydrogens is 156 g/mol. The van der Waals surface area contributed by atoms with Gasteiger partial charge in [-0.05, 0) is 19.8 Å². The van der Waals surface area contributed by atoms with Gasteiger partial charge >= 0.3 is 0 Å². The standard InChI is InChI=1S/C8H10N2O2/c1-5-7(4-12-10-5)8(11)9-6-2-3-6/h4,6H,2-3H2,1H3,(H,9,11). The number of carbonyl (C=O) groups is 1. The topological polar surface area (TPSA) is 55.1 Å². The third-order valence-corrected chi connectivity index (χ3v) is 1.91. The van der Waals surface area contributed by atoms with Gasteiger partial charge in [-0.25, -0.2) is 0 Å². The highest BCUT2D eigenvalue weighted by atomic mass is 16.5. The minimum absolute atomic E-state index is 0.0729. The molecule has 0 aromatic carbocycles. The molecule has 1 fully saturated rings. The zero-order valence-corrected chi connectivity index (χ0v) is 6.83. The van der Waals surface area contributed by atoms with Crippen molar-refractivity contribution in [3.63, 3.8) is 0 Å². The Morgan fingerprint density at radius 1 is 1.75 bits per heavy atom. The number of amides is 1. The second-order valence-electron chi connectivity index (χ2n) is 3.06. The van der Waals surface area contributed by atoms with Gasteiger partial charge in [-0.3, -0.25) is 4.79 Å². The van der Waals surface area contributed by atoms with Crippen molar-refractivity contribution in [2.24, 2.45) is 0 Å². The van der Waals surface area contributed by atoms with Gasteiger partial charge in [0.05, 0.1) is 5.69 Å². The van der Waals surface area contributed by atoms with Crippen LogP contribution in [0.1, 0.15) is 28.9 Å².